The Kier molecular flexibility index (Phi) is 3.42. The van der Waals surface area contributed by atoms with Crippen LogP contribution < -0.4 is 4.74 Å². The van der Waals surface area contributed by atoms with Gasteiger partial charge in [0.05, 0.1) is 21.6 Å². The first kappa shape index (κ1) is 14.3. The molecule has 0 unspecified atom stereocenters. The number of hydrogen-bond acceptors (Lipinski definition) is 5. The summed E-state index contributed by atoms with van der Waals surface area (Å²) in [6, 6.07) is 7.37. The van der Waals surface area contributed by atoms with Crippen LogP contribution in [0.3, 0.4) is 0 Å². The van der Waals surface area contributed by atoms with Crippen LogP contribution in [0.15, 0.2) is 52.5 Å². The quantitative estimate of drug-likeness (QED) is 0.927. The predicted molar refractivity (Wildman–Crippen MR) is 78.3 cm³/mol. The number of hydrogen-bond donors (Lipinski definition) is 1. The van der Waals surface area contributed by atoms with Gasteiger partial charge in [0, 0.05) is 6.20 Å². The zero-order valence-electron chi connectivity index (χ0n) is 11.3. The van der Waals surface area contributed by atoms with Gasteiger partial charge in [0.15, 0.2) is 0 Å². The Balaban J connectivity index is 1.88. The second-order valence-electron chi connectivity index (χ2n) is 4.65. The summed E-state index contributed by atoms with van der Waals surface area (Å²) in [5.74, 6) is -0.709. The monoisotopic (exact) mass is 317 g/mol. The topological polar surface area (TPSA) is 93.6 Å². The van der Waals surface area contributed by atoms with E-state index in [1.165, 1.54) is 30.5 Å². The molecule has 0 spiro atoms. The fraction of sp³-hybridized carbons (Fsp3) is 0.0667. The third-order valence-corrected chi connectivity index (χ3v) is 5.09. The summed E-state index contributed by atoms with van der Waals surface area (Å²) < 4.78 is 30.3. The Morgan fingerprint density at radius 3 is 2.77 bits per heavy atom. The van der Waals surface area contributed by atoms with Crippen LogP contribution in [0.1, 0.15) is 15.9 Å². The van der Waals surface area contributed by atoms with E-state index >= 15 is 0 Å². The molecule has 1 aromatic carbocycles. The number of rotatable bonds is 4. The summed E-state index contributed by atoms with van der Waals surface area (Å²) in [6.07, 6.45) is 4.56. The number of carbonyl (C=O) groups is 1. The lowest BCUT2D eigenvalue weighted by atomic mass is 10.1. The van der Waals surface area contributed by atoms with Crippen LogP contribution in [0.4, 0.5) is 0 Å². The largest absolute Gasteiger partial charge is 0.487 e. The van der Waals surface area contributed by atoms with Crippen molar-refractivity contribution in [1.82, 2.24) is 4.98 Å². The van der Waals surface area contributed by atoms with E-state index in [4.69, 9.17) is 9.84 Å². The summed E-state index contributed by atoms with van der Waals surface area (Å²) in [5.41, 5.74) is 0.403. The Hall–Kier alpha value is -2.67. The van der Waals surface area contributed by atoms with Crippen LogP contribution in [0, 0.1) is 0 Å². The molecule has 2 aromatic rings. The average Bonchev–Trinajstić information content (AvgIpc) is 2.76. The minimum absolute atomic E-state index is 0.00260. The van der Waals surface area contributed by atoms with Crippen LogP contribution in [-0.4, -0.2) is 31.1 Å². The van der Waals surface area contributed by atoms with Crippen LogP contribution in [0.25, 0.3) is 6.08 Å². The molecule has 112 valence electrons. The number of carboxylic acids is 1. The molecule has 6 nitrogen and oxygen atoms in total. The number of fused-ring (bicyclic) bond motifs is 1. The molecule has 0 saturated heterocycles. The maximum Gasteiger partial charge on any atom is 0.335 e. The zero-order chi connectivity index (χ0) is 15.7. The number of pyridine rings is 1. The Morgan fingerprint density at radius 2 is 2.09 bits per heavy atom. The van der Waals surface area contributed by atoms with Gasteiger partial charge in [-0.25, -0.2) is 13.2 Å². The van der Waals surface area contributed by atoms with Crippen molar-refractivity contribution in [2.75, 3.05) is 6.61 Å². The molecule has 3 rings (SSSR count). The molecule has 0 amide bonds. The fourth-order valence-corrected chi connectivity index (χ4v) is 3.62. The molecule has 0 aliphatic carbocycles. The third-order valence-electron chi connectivity index (χ3n) is 3.23. The van der Waals surface area contributed by atoms with Gasteiger partial charge in [-0.15, -0.1) is 0 Å². The molecule has 0 radical (unpaired) electrons. The molecule has 0 fully saturated rings. The van der Waals surface area contributed by atoms with Crippen molar-refractivity contribution in [3.8, 4) is 5.75 Å². The second-order valence-corrected chi connectivity index (χ2v) is 6.62. The smallest absolute Gasteiger partial charge is 0.335 e. The van der Waals surface area contributed by atoms with Crippen molar-refractivity contribution in [1.29, 1.82) is 0 Å². The number of sulfone groups is 1. The van der Waals surface area contributed by atoms with E-state index in [0.717, 1.165) is 0 Å². The molecule has 0 atom stereocenters. The van der Waals surface area contributed by atoms with E-state index < -0.39 is 15.8 Å². The van der Waals surface area contributed by atoms with Gasteiger partial charge in [0.25, 0.3) is 0 Å². The number of nitrogens with zero attached hydrogens (tertiary/aromatic N) is 1. The van der Waals surface area contributed by atoms with Gasteiger partial charge in [0.1, 0.15) is 12.4 Å². The highest BCUT2D eigenvalue weighted by Crippen LogP contribution is 2.33. The predicted octanol–water partition coefficient (Wildman–Crippen LogP) is 1.99. The maximum absolute atomic E-state index is 12.4. The first-order valence-electron chi connectivity index (χ1n) is 6.34. The van der Waals surface area contributed by atoms with Crippen molar-refractivity contribution in [3.63, 3.8) is 0 Å². The summed E-state index contributed by atoms with van der Waals surface area (Å²) in [7, 11) is -3.72. The van der Waals surface area contributed by atoms with Crippen molar-refractivity contribution in [2.24, 2.45) is 0 Å². The first-order chi connectivity index (χ1) is 10.5. The summed E-state index contributed by atoms with van der Waals surface area (Å²) in [4.78, 5) is 14.9. The molecule has 0 saturated carbocycles. The van der Waals surface area contributed by atoms with Gasteiger partial charge in [-0.2, -0.15) is 0 Å². The lowest BCUT2D eigenvalue weighted by Crippen LogP contribution is -2.09. The van der Waals surface area contributed by atoms with Gasteiger partial charge in [-0.1, -0.05) is 6.07 Å². The van der Waals surface area contributed by atoms with E-state index in [1.54, 1.807) is 18.3 Å². The van der Waals surface area contributed by atoms with E-state index in [2.05, 4.69) is 4.98 Å². The highest BCUT2D eigenvalue weighted by molar-refractivity contribution is 7.95. The van der Waals surface area contributed by atoms with Crippen molar-refractivity contribution >= 4 is 21.9 Å². The second kappa shape index (κ2) is 5.27. The van der Waals surface area contributed by atoms with Crippen LogP contribution in [0.5, 0.6) is 5.75 Å². The Labute approximate surface area is 126 Å². The molecular formula is C15H11NO5S. The zero-order valence-corrected chi connectivity index (χ0v) is 12.1. The summed E-state index contributed by atoms with van der Waals surface area (Å²) in [6.45, 7) is -0.134. The highest BCUT2D eigenvalue weighted by atomic mass is 32.2. The van der Waals surface area contributed by atoms with Crippen molar-refractivity contribution < 1.29 is 23.1 Å². The average molecular weight is 317 g/mol. The van der Waals surface area contributed by atoms with Crippen LogP contribution >= 0.6 is 0 Å². The minimum atomic E-state index is -3.72. The number of carboxylic acid groups (broad SMARTS) is 1. The van der Waals surface area contributed by atoms with Crippen molar-refractivity contribution in [2.45, 2.75) is 4.90 Å². The van der Waals surface area contributed by atoms with E-state index in [-0.39, 0.29) is 22.0 Å². The van der Waals surface area contributed by atoms with Gasteiger partial charge in [0.2, 0.25) is 9.84 Å². The number of aromatic carboxylic acids is 1. The highest BCUT2D eigenvalue weighted by Gasteiger charge is 2.30. The van der Waals surface area contributed by atoms with Gasteiger partial charge >= 0.3 is 5.97 Å². The molecule has 1 aliphatic heterocycles. The van der Waals surface area contributed by atoms with Gasteiger partial charge in [-0.05, 0) is 35.9 Å². The SMILES string of the molecule is O=C(O)c1ccc2c(c1)S(=O)(=O)C(COc1cccnc1)=C2. The molecular weight excluding hydrogens is 306 g/mol. The Morgan fingerprint density at radius 1 is 1.27 bits per heavy atom. The lowest BCUT2D eigenvalue weighted by molar-refractivity contribution is 0.0696. The molecule has 1 aliphatic rings. The minimum Gasteiger partial charge on any atom is -0.487 e. The maximum atomic E-state index is 12.4. The van der Waals surface area contributed by atoms with E-state index in [0.29, 0.717) is 11.3 Å². The number of aromatic nitrogens is 1. The van der Waals surface area contributed by atoms with E-state index in [1.807, 2.05) is 0 Å². The summed E-state index contributed by atoms with van der Waals surface area (Å²) in [5, 5.41) is 8.96. The number of benzene rings is 1. The van der Waals surface area contributed by atoms with Gasteiger partial charge < -0.3 is 9.84 Å². The normalized spacial score (nSPS) is 15.0. The molecule has 0 bridgehead atoms. The van der Waals surface area contributed by atoms with Crippen LogP contribution in [0.2, 0.25) is 0 Å². The van der Waals surface area contributed by atoms with Gasteiger partial charge in [-0.3, -0.25) is 4.98 Å². The third kappa shape index (κ3) is 2.46. The molecule has 7 heteroatoms. The van der Waals surface area contributed by atoms with Crippen molar-refractivity contribution in [3.05, 3.63) is 58.8 Å². The molecule has 1 aromatic heterocycles. The van der Waals surface area contributed by atoms with Crippen LogP contribution in [-0.2, 0) is 9.84 Å². The fourth-order valence-electron chi connectivity index (χ4n) is 2.12. The number of ether oxygens (including phenoxy) is 1. The lowest BCUT2D eigenvalue weighted by Gasteiger charge is -2.07. The summed E-state index contributed by atoms with van der Waals surface area (Å²) >= 11 is 0. The van der Waals surface area contributed by atoms with E-state index in [9.17, 15) is 13.2 Å². The Bertz CT molecular complexity index is 872. The molecule has 1 N–H and O–H groups in total. The molecule has 2 heterocycles. The first-order valence-corrected chi connectivity index (χ1v) is 7.82. The molecule has 22 heavy (non-hydrogen) atoms. The standard InChI is InChI=1S/C15H11NO5S/c17-15(18)11-4-3-10-6-13(22(19,20)14(10)7-11)9-21-12-2-1-5-16-8-12/h1-8H,9H2,(H,17,18).